The third-order valence-corrected chi connectivity index (χ3v) is 2.10. The molecule has 5 heteroatoms. The van der Waals surface area contributed by atoms with E-state index in [0.29, 0.717) is 5.69 Å². The molecule has 1 N–H and O–H groups in total. The van der Waals surface area contributed by atoms with Gasteiger partial charge in [0.1, 0.15) is 0 Å². The second kappa shape index (κ2) is 3.98. The smallest absolute Gasteiger partial charge is 0.335 e. The summed E-state index contributed by atoms with van der Waals surface area (Å²) in [5.41, 5.74) is 0.346. The van der Waals surface area contributed by atoms with E-state index >= 15 is 0 Å². The number of carboxylic acids is 1. The van der Waals surface area contributed by atoms with Crippen LogP contribution >= 0.6 is 0 Å². The number of carboxylic acid groups (broad SMARTS) is 1. The molecule has 0 saturated heterocycles. The number of hydrogen-bond donors (Lipinski definition) is 1. The van der Waals surface area contributed by atoms with Gasteiger partial charge in [0.15, 0.2) is 0 Å². The van der Waals surface area contributed by atoms with Crippen LogP contribution in [-0.4, -0.2) is 20.6 Å². The molecule has 0 aliphatic rings. The largest absolute Gasteiger partial charge is 0.478 e. The van der Waals surface area contributed by atoms with E-state index in [1.54, 1.807) is 12.1 Å². The van der Waals surface area contributed by atoms with E-state index in [4.69, 9.17) is 5.11 Å². The topological polar surface area (TPSA) is 72.2 Å². The zero-order chi connectivity index (χ0) is 11.5. The first-order valence-electron chi connectivity index (χ1n) is 4.55. The van der Waals surface area contributed by atoms with Gasteiger partial charge in [0.05, 0.1) is 11.8 Å². The second-order valence-electron chi connectivity index (χ2n) is 3.14. The molecule has 80 valence electrons. The summed E-state index contributed by atoms with van der Waals surface area (Å²) < 4.78 is 1.33. The lowest BCUT2D eigenvalue weighted by Crippen LogP contribution is -2.17. The molecule has 1 aromatic heterocycles. The minimum Gasteiger partial charge on any atom is -0.478 e. The Labute approximate surface area is 90.6 Å². The van der Waals surface area contributed by atoms with E-state index in [2.05, 4.69) is 4.98 Å². The highest BCUT2D eigenvalue weighted by molar-refractivity contribution is 5.88. The lowest BCUT2D eigenvalue weighted by Gasteiger charge is -2.04. The highest BCUT2D eigenvalue weighted by atomic mass is 16.4. The first kappa shape index (κ1) is 10.1. The van der Waals surface area contributed by atoms with Crippen LogP contribution in [0.5, 0.6) is 0 Å². The van der Waals surface area contributed by atoms with Crippen molar-refractivity contribution in [2.24, 2.45) is 0 Å². The van der Waals surface area contributed by atoms with Crippen LogP contribution in [0.4, 0.5) is 0 Å². The summed E-state index contributed by atoms with van der Waals surface area (Å²) in [7, 11) is 0. The second-order valence-corrected chi connectivity index (χ2v) is 3.14. The lowest BCUT2D eigenvalue weighted by molar-refractivity contribution is 0.0697. The maximum atomic E-state index is 11.5. The van der Waals surface area contributed by atoms with Gasteiger partial charge in [0, 0.05) is 18.1 Å². The van der Waals surface area contributed by atoms with Crippen LogP contribution in [-0.2, 0) is 0 Å². The molecule has 2 rings (SSSR count). The third-order valence-electron chi connectivity index (χ3n) is 2.10. The minimum absolute atomic E-state index is 0.140. The monoisotopic (exact) mass is 216 g/mol. The van der Waals surface area contributed by atoms with Gasteiger partial charge in [-0.1, -0.05) is 6.07 Å². The van der Waals surface area contributed by atoms with Crippen LogP contribution in [0.15, 0.2) is 47.7 Å². The van der Waals surface area contributed by atoms with Gasteiger partial charge in [-0.05, 0) is 18.2 Å². The molecule has 0 unspecified atom stereocenters. The van der Waals surface area contributed by atoms with Gasteiger partial charge in [-0.15, -0.1) is 0 Å². The number of nitrogens with zero attached hydrogens (tertiary/aromatic N) is 2. The van der Waals surface area contributed by atoms with Gasteiger partial charge in [-0.25, -0.2) is 4.79 Å². The van der Waals surface area contributed by atoms with Gasteiger partial charge >= 0.3 is 5.97 Å². The fraction of sp³-hybridized carbons (Fsp3) is 0. The average molecular weight is 216 g/mol. The van der Waals surface area contributed by atoms with Crippen molar-refractivity contribution in [3.05, 3.63) is 58.8 Å². The number of rotatable bonds is 2. The van der Waals surface area contributed by atoms with Crippen molar-refractivity contribution in [2.45, 2.75) is 0 Å². The van der Waals surface area contributed by atoms with E-state index in [-0.39, 0.29) is 11.1 Å². The van der Waals surface area contributed by atoms with Crippen molar-refractivity contribution >= 4 is 5.97 Å². The molecule has 16 heavy (non-hydrogen) atoms. The van der Waals surface area contributed by atoms with Crippen molar-refractivity contribution in [3.63, 3.8) is 0 Å². The summed E-state index contributed by atoms with van der Waals surface area (Å²) >= 11 is 0. The Hall–Kier alpha value is -2.43. The fourth-order valence-corrected chi connectivity index (χ4v) is 1.35. The maximum Gasteiger partial charge on any atom is 0.335 e. The third kappa shape index (κ3) is 1.83. The Morgan fingerprint density at radius 1 is 1.38 bits per heavy atom. The molecule has 0 amide bonds. The fourth-order valence-electron chi connectivity index (χ4n) is 1.35. The van der Waals surface area contributed by atoms with Crippen LogP contribution in [0, 0.1) is 0 Å². The first-order valence-corrected chi connectivity index (χ1v) is 4.55. The molecule has 5 nitrogen and oxygen atoms in total. The molecule has 2 aromatic rings. The summed E-state index contributed by atoms with van der Waals surface area (Å²) in [4.78, 5) is 25.9. The summed E-state index contributed by atoms with van der Waals surface area (Å²) in [6.45, 7) is 0. The summed E-state index contributed by atoms with van der Waals surface area (Å²) in [5, 5.41) is 8.83. The van der Waals surface area contributed by atoms with Crippen LogP contribution in [0.25, 0.3) is 5.69 Å². The van der Waals surface area contributed by atoms with E-state index in [9.17, 15) is 9.59 Å². The normalized spacial score (nSPS) is 10.0. The van der Waals surface area contributed by atoms with Gasteiger partial charge in [0.25, 0.3) is 5.56 Å². The van der Waals surface area contributed by atoms with E-state index in [1.165, 1.54) is 35.3 Å². The molecular formula is C11H8N2O3. The summed E-state index contributed by atoms with van der Waals surface area (Å²) in [6.07, 6.45) is 4.13. The van der Waals surface area contributed by atoms with E-state index < -0.39 is 5.97 Å². The number of aromatic nitrogens is 2. The molecule has 0 bridgehead atoms. The number of carbonyl (C=O) groups is 1. The van der Waals surface area contributed by atoms with Gasteiger partial charge in [0.2, 0.25) is 0 Å². The van der Waals surface area contributed by atoms with Crippen molar-refractivity contribution in [2.75, 3.05) is 0 Å². The number of hydrogen-bond acceptors (Lipinski definition) is 3. The van der Waals surface area contributed by atoms with Crippen LogP contribution < -0.4 is 5.56 Å². The van der Waals surface area contributed by atoms with Crippen molar-refractivity contribution in [1.29, 1.82) is 0 Å². The molecule has 0 aliphatic carbocycles. The van der Waals surface area contributed by atoms with Crippen LogP contribution in [0.1, 0.15) is 10.4 Å². The minimum atomic E-state index is -1.02. The molecule has 0 aliphatic heterocycles. The van der Waals surface area contributed by atoms with Crippen molar-refractivity contribution in [3.8, 4) is 5.69 Å². The molecular weight excluding hydrogens is 208 g/mol. The zero-order valence-corrected chi connectivity index (χ0v) is 8.20. The summed E-state index contributed by atoms with van der Waals surface area (Å²) in [6, 6.07) is 6.15. The Morgan fingerprint density at radius 3 is 2.88 bits per heavy atom. The Bertz CT molecular complexity index is 590. The first-order chi connectivity index (χ1) is 7.68. The average Bonchev–Trinajstić information content (AvgIpc) is 2.30. The molecule has 1 aromatic carbocycles. The highest BCUT2D eigenvalue weighted by Gasteiger charge is 2.04. The highest BCUT2D eigenvalue weighted by Crippen LogP contribution is 2.08. The summed E-state index contributed by atoms with van der Waals surface area (Å²) in [5.74, 6) is -1.02. The molecule has 0 fully saturated rings. The maximum absolute atomic E-state index is 11.5. The molecule has 0 atom stereocenters. The quantitative estimate of drug-likeness (QED) is 0.810. The Morgan fingerprint density at radius 2 is 2.19 bits per heavy atom. The van der Waals surface area contributed by atoms with Gasteiger partial charge < -0.3 is 5.11 Å². The standard InChI is InChI=1S/C11H8N2O3/c14-10-7-12-4-5-13(10)9-3-1-2-8(6-9)11(15)16/h1-7H,(H,15,16). The number of aromatic carboxylic acids is 1. The van der Waals surface area contributed by atoms with Crippen molar-refractivity contribution in [1.82, 2.24) is 9.55 Å². The molecule has 1 heterocycles. The van der Waals surface area contributed by atoms with Crippen LogP contribution in [0.2, 0.25) is 0 Å². The van der Waals surface area contributed by atoms with E-state index in [1.807, 2.05) is 0 Å². The molecule has 0 saturated carbocycles. The molecule has 0 spiro atoms. The molecule has 0 radical (unpaired) electrons. The lowest BCUT2D eigenvalue weighted by atomic mass is 10.2. The predicted octanol–water partition coefficient (Wildman–Crippen LogP) is 0.931. The number of benzene rings is 1. The van der Waals surface area contributed by atoms with Crippen LogP contribution in [0.3, 0.4) is 0 Å². The Balaban J connectivity index is 2.57. The SMILES string of the molecule is O=C(O)c1cccc(-n2ccncc2=O)c1. The zero-order valence-electron chi connectivity index (χ0n) is 8.20. The van der Waals surface area contributed by atoms with Gasteiger partial charge in [-0.2, -0.15) is 0 Å². The predicted molar refractivity (Wildman–Crippen MR) is 56.8 cm³/mol. The van der Waals surface area contributed by atoms with Gasteiger partial charge in [-0.3, -0.25) is 14.3 Å². The van der Waals surface area contributed by atoms with E-state index in [0.717, 1.165) is 0 Å². The van der Waals surface area contributed by atoms with Crippen molar-refractivity contribution < 1.29 is 9.90 Å². The Kier molecular flexibility index (Phi) is 2.51.